The van der Waals surface area contributed by atoms with Gasteiger partial charge < -0.3 is 86.1 Å². The summed E-state index contributed by atoms with van der Waals surface area (Å²) in [4.78, 5) is 67.3. The lowest BCUT2D eigenvalue weighted by Crippen LogP contribution is -2.32. The lowest BCUT2D eigenvalue weighted by atomic mass is 9.86. The number of carbonyl (C=O) groups is 2. The zero-order valence-electron chi connectivity index (χ0n) is 63.2. The summed E-state index contributed by atoms with van der Waals surface area (Å²) < 4.78 is 80.7. The summed E-state index contributed by atoms with van der Waals surface area (Å²) in [7, 11) is 11.3. The third kappa shape index (κ3) is 26.9. The summed E-state index contributed by atoms with van der Waals surface area (Å²) in [6.07, 6.45) is 12.8. The number of methoxy groups -OCH3 is 2. The third-order valence-corrected chi connectivity index (χ3v) is 17.8. The largest absolute Gasteiger partial charge is 0.533 e. The molecule has 30 nitrogen and oxygen atoms in total. The molecule has 4 saturated heterocycles. The Morgan fingerprint density at radius 2 is 1.03 bits per heavy atom. The molecule has 1 unspecified atom stereocenters. The molecule has 14 heterocycles. The molecule has 1 atom stereocenters. The van der Waals surface area contributed by atoms with Crippen molar-refractivity contribution in [3.8, 4) is 75.1 Å². The molecule has 603 valence electrons. The normalized spacial score (nSPS) is 13.9. The molecule has 0 bridgehead atoms. The second-order valence-corrected chi connectivity index (χ2v) is 26.8. The number of carbonyl (C=O) groups excluding carboxylic acids is 2. The molecule has 10 aromatic rings. The highest BCUT2D eigenvalue weighted by Gasteiger charge is 2.26. The second-order valence-electron chi connectivity index (χ2n) is 24.7. The van der Waals surface area contributed by atoms with E-state index in [0.717, 1.165) is 77.8 Å². The molecule has 10 aromatic heterocycles. The number of furan rings is 2. The molecular weight excluding hydrogens is 1660 g/mol. The van der Waals surface area contributed by atoms with Crippen molar-refractivity contribution in [3.63, 3.8) is 0 Å². The second kappa shape index (κ2) is 47.5. The number of ether oxygens (including phenoxy) is 9. The Bertz CT molecular complexity index is 5060. The highest BCUT2D eigenvalue weighted by atomic mass is 79.9. The van der Waals surface area contributed by atoms with Crippen LogP contribution in [0.15, 0.2) is 128 Å². The molecule has 37 heteroatoms. The fourth-order valence-electron chi connectivity index (χ4n) is 10.8. The highest BCUT2D eigenvalue weighted by Crippen LogP contribution is 2.39. The Balaban J connectivity index is 0.000000230. The quantitative estimate of drug-likeness (QED) is 0.0394. The fourth-order valence-corrected chi connectivity index (χ4v) is 11.6. The molecule has 115 heavy (non-hydrogen) atoms. The van der Waals surface area contributed by atoms with Crippen LogP contribution in [0.5, 0.6) is 28.7 Å². The maximum absolute atomic E-state index is 12.5. The number of aliphatic hydroxyl groups is 1. The lowest BCUT2D eigenvalue weighted by molar-refractivity contribution is 0.0139. The van der Waals surface area contributed by atoms with Crippen molar-refractivity contribution < 1.29 is 80.6 Å². The van der Waals surface area contributed by atoms with Crippen LogP contribution in [0, 0.1) is 41.6 Å². The van der Waals surface area contributed by atoms with Crippen molar-refractivity contribution in [1.82, 2.24) is 49.7 Å². The Morgan fingerprint density at radius 1 is 0.609 bits per heavy atom. The number of aromatic nitrogens is 8. The van der Waals surface area contributed by atoms with Gasteiger partial charge >= 0.3 is 18.8 Å². The minimum atomic E-state index is -1.68. The molecule has 4 fully saturated rings. The van der Waals surface area contributed by atoms with E-state index in [9.17, 15) is 19.2 Å². The minimum Gasteiger partial charge on any atom is -0.499 e. The molecule has 0 saturated carbocycles. The number of amides is 2. The Morgan fingerprint density at radius 3 is 1.47 bits per heavy atom. The average Bonchev–Trinajstić information content (AvgIpc) is 1.61. The van der Waals surface area contributed by atoms with Gasteiger partial charge in [0.25, 0.3) is 11.8 Å². The first-order valence-electron chi connectivity index (χ1n) is 35.4. The molecular formula is C78H86B2Br2ClFN14O16P. The maximum Gasteiger partial charge on any atom is 0.533 e. The molecule has 0 aromatic carbocycles. The van der Waals surface area contributed by atoms with Gasteiger partial charge in [0, 0.05) is 122 Å². The van der Waals surface area contributed by atoms with E-state index >= 15 is 0 Å². The summed E-state index contributed by atoms with van der Waals surface area (Å²) in [5.41, 5.74) is 5.23. The van der Waals surface area contributed by atoms with Crippen LogP contribution in [-0.2, 0) is 18.9 Å². The van der Waals surface area contributed by atoms with E-state index in [1.165, 1.54) is 62.1 Å². The molecule has 2 amide bonds. The Hall–Kier alpha value is -10.4. The Kier molecular flexibility index (Phi) is 37.9. The van der Waals surface area contributed by atoms with E-state index in [2.05, 4.69) is 96.6 Å². The zero-order valence-corrected chi connectivity index (χ0v) is 67.3. The number of hydrogen-bond donors (Lipinski definition) is 3. The van der Waals surface area contributed by atoms with Crippen LogP contribution in [0.4, 0.5) is 16.0 Å². The van der Waals surface area contributed by atoms with Gasteiger partial charge in [-0.05, 0) is 119 Å². The number of fused-ring (bicyclic) bond motifs is 2. The number of aliphatic hydroxyl groups excluding tert-OH is 1. The number of pyridine rings is 8. The summed E-state index contributed by atoms with van der Waals surface area (Å²) in [5, 5.41) is 45.3. The molecule has 1 radical (unpaired) electrons. The van der Waals surface area contributed by atoms with Crippen LogP contribution in [0.1, 0.15) is 98.3 Å². The maximum atomic E-state index is 12.5. The first-order chi connectivity index (χ1) is 55.0. The van der Waals surface area contributed by atoms with Gasteiger partial charge in [-0.2, -0.15) is 19.6 Å². The van der Waals surface area contributed by atoms with Crippen molar-refractivity contribution in [2.24, 2.45) is 0 Å². The van der Waals surface area contributed by atoms with E-state index in [-0.39, 0.29) is 73.9 Å². The van der Waals surface area contributed by atoms with Crippen molar-refractivity contribution in [2.75, 3.05) is 95.3 Å². The molecule has 3 N–H and O–H groups in total. The van der Waals surface area contributed by atoms with Crippen molar-refractivity contribution in [1.29, 1.82) is 11.9 Å². The van der Waals surface area contributed by atoms with Gasteiger partial charge in [-0.1, -0.05) is 39.6 Å². The van der Waals surface area contributed by atoms with E-state index < -0.39 is 12.9 Å². The summed E-state index contributed by atoms with van der Waals surface area (Å²) >= 11 is 12.3. The number of nitriles is 2. The van der Waals surface area contributed by atoms with Gasteiger partial charge in [0.2, 0.25) is 0 Å². The first-order valence-corrected chi connectivity index (χ1v) is 37.4. The predicted octanol–water partition coefficient (Wildman–Crippen LogP) is 13.1. The van der Waals surface area contributed by atoms with Gasteiger partial charge in [0.15, 0.2) is 55.8 Å². The van der Waals surface area contributed by atoms with E-state index in [0.29, 0.717) is 143 Å². The molecule has 4 aliphatic heterocycles. The minimum absolute atomic E-state index is 0. The Labute approximate surface area is 692 Å². The SMILES string of the molecule is C.C.COc1cc(C(=O)N(C)C)cnc1-c1cc2nccc(-c3ccc(OC4CCOCC4)c(C#N)n3)c2o1.COc1cc(C(=O)N(C)C)cnc1-c1cc2nccc(Cl)c2o1.N#Cc1nc(Br)ccc1F.OC1CCOCC1.[2H][B]P.[C-]#[N+]c1nc(B(O)O)ccc1OC1CCOCC1.[C-]#[N+]c1nc(Br)ccc1OC1CCOCC1. The first kappa shape index (κ1) is 91.8. The van der Waals surface area contributed by atoms with Crippen molar-refractivity contribution in [3.05, 3.63) is 175 Å². The molecule has 0 spiro atoms. The van der Waals surface area contributed by atoms with Crippen molar-refractivity contribution in [2.45, 2.75) is 90.6 Å². The lowest BCUT2D eigenvalue weighted by Gasteiger charge is -2.23. The topological polar surface area (TPSA) is 370 Å². The van der Waals surface area contributed by atoms with E-state index in [1.54, 1.807) is 113 Å². The van der Waals surface area contributed by atoms with Gasteiger partial charge in [0.1, 0.15) is 88.0 Å². The molecule has 14 rings (SSSR count). The van der Waals surface area contributed by atoms with Gasteiger partial charge in [0.05, 0.1) is 81.8 Å². The van der Waals surface area contributed by atoms with Gasteiger partial charge in [-0.3, -0.25) is 19.6 Å². The van der Waals surface area contributed by atoms with E-state index in [1.807, 2.05) is 0 Å². The number of halogens is 4. The predicted molar refractivity (Wildman–Crippen MR) is 441 cm³/mol. The van der Waals surface area contributed by atoms with Crippen LogP contribution < -0.4 is 29.3 Å². The average molecular weight is 1740 g/mol. The van der Waals surface area contributed by atoms with Crippen LogP contribution in [0.25, 0.3) is 66.1 Å². The van der Waals surface area contributed by atoms with Gasteiger partial charge in [-0.15, -0.1) is 9.97 Å². The zero-order chi connectivity index (χ0) is 82.2. The van der Waals surface area contributed by atoms with Crippen LogP contribution >= 0.6 is 52.6 Å². The molecule has 4 aliphatic rings. The summed E-state index contributed by atoms with van der Waals surface area (Å²) in [5.74, 6) is 2.54. The summed E-state index contributed by atoms with van der Waals surface area (Å²) in [6.45, 7) is 19.6. The van der Waals surface area contributed by atoms with E-state index in [4.69, 9.17) is 98.0 Å². The van der Waals surface area contributed by atoms with Crippen LogP contribution in [0.2, 0.25) is 5.02 Å². The summed E-state index contributed by atoms with van der Waals surface area (Å²) in [6, 6.07) is 26.7. The fraction of sp³-hybridized carbons (Fsp3) is 0.359. The third-order valence-electron chi connectivity index (χ3n) is 16.6. The van der Waals surface area contributed by atoms with Crippen LogP contribution in [-0.4, -0.2) is 212 Å². The monoisotopic (exact) mass is 1740 g/mol. The number of hydrogen-bond acceptors (Lipinski definition) is 26. The van der Waals surface area contributed by atoms with Crippen molar-refractivity contribution >= 4 is 118 Å². The smallest absolute Gasteiger partial charge is 0.499 e. The van der Waals surface area contributed by atoms with Gasteiger partial charge in [-0.25, -0.2) is 24.3 Å². The highest BCUT2D eigenvalue weighted by molar-refractivity contribution is 9.10. The van der Waals surface area contributed by atoms with Crippen LogP contribution in [0.3, 0.4) is 0 Å². The molecule has 0 aliphatic carbocycles. The standard InChI is InChI=1S/C27H25N5O5.C16H14ClN3O3.C11H13BN2O4.C11H11BrN2O2.C6H2BrFN2.C5H10O2.2CH4.BH3P/c1-32(2)27(33)16-12-23(34-3)25(30-15-16)24-13-20-26(37-24)18(6-9-29-20)19-4-5-22(21(14-28)31-19)36-17-7-10-35-11-8-17;1-20(2)16(21)9-6-12(22-3)14(19-8-9)13-7-11-15(23-13)10(17)4-5-18-11;1-13-11-9(2-3-10(14-11)12(15)16)18-8-4-6-17-7-5-8;1-13-11-9(2-3-10(12)14-11)16-8-4-6-15-7-5-8;7-6-2-1-4(8)5(3-9)10-6;6-5-1-3-7-4-2-5;;;1-2/h4-6,9,12-13,15,17H,7-8,10-11H2,1-3H3;4-8H,1-3H3;2-3,8,15-16H,4-7H2;2-3,8H,4-7H2;1-2H;5-6H,1-4H2;2*1H4;1H,2H2/i;;;;;;;;1D. The number of rotatable bonds is 14. The number of nitrogens with zero attached hydrogens (tertiary/aromatic N) is 14.